The predicted octanol–water partition coefficient (Wildman–Crippen LogP) is 7.57. The van der Waals surface area contributed by atoms with Gasteiger partial charge in [0.05, 0.1) is 0 Å². The van der Waals surface area contributed by atoms with Gasteiger partial charge < -0.3 is 10.5 Å². The first-order valence-electron chi connectivity index (χ1n) is 11.0. The Morgan fingerprint density at radius 3 is 1.82 bits per heavy atom. The van der Waals surface area contributed by atoms with Crippen molar-refractivity contribution < 1.29 is 31.1 Å². The minimum absolute atomic E-state index is 0.145. The molecule has 1 aliphatic carbocycles. The van der Waals surface area contributed by atoms with Gasteiger partial charge in [-0.2, -0.15) is 0 Å². The molecule has 1 saturated carbocycles. The average Bonchev–Trinajstić information content (AvgIpc) is 2.81. The van der Waals surface area contributed by atoms with Gasteiger partial charge in [0, 0.05) is 5.56 Å². The third-order valence-corrected chi connectivity index (χ3v) is 6.39. The van der Waals surface area contributed by atoms with Gasteiger partial charge in [-0.15, -0.1) is 13.2 Å². The summed E-state index contributed by atoms with van der Waals surface area (Å²) in [5.74, 6) is -4.42. The largest absolute Gasteiger partial charge is 0.573 e. The SMILES string of the molecule is NCC1CCC(c2ccc(-c3ccc(-c4cc(F)c(OC(F)(F)F)c(F)c4)c(F)c3)cc2)CC1. The van der Waals surface area contributed by atoms with E-state index in [1.165, 1.54) is 17.7 Å². The highest BCUT2D eigenvalue weighted by Gasteiger charge is 2.34. The lowest BCUT2D eigenvalue weighted by atomic mass is 9.78. The van der Waals surface area contributed by atoms with Gasteiger partial charge in [-0.3, -0.25) is 0 Å². The summed E-state index contributed by atoms with van der Waals surface area (Å²) in [6.07, 6.45) is -0.857. The highest BCUT2D eigenvalue weighted by molar-refractivity contribution is 5.71. The van der Waals surface area contributed by atoms with E-state index < -0.39 is 29.6 Å². The van der Waals surface area contributed by atoms with Crippen LogP contribution < -0.4 is 10.5 Å². The van der Waals surface area contributed by atoms with Crippen LogP contribution in [-0.2, 0) is 0 Å². The zero-order chi connectivity index (χ0) is 24.5. The van der Waals surface area contributed by atoms with E-state index in [4.69, 9.17) is 5.73 Å². The van der Waals surface area contributed by atoms with Crippen LogP contribution in [0.4, 0.5) is 26.3 Å². The molecule has 0 saturated heterocycles. The second-order valence-corrected chi connectivity index (χ2v) is 8.59. The van der Waals surface area contributed by atoms with Crippen molar-refractivity contribution in [3.63, 3.8) is 0 Å². The van der Waals surface area contributed by atoms with Crippen LogP contribution in [0.2, 0.25) is 0 Å². The minimum Gasteiger partial charge on any atom is -0.399 e. The number of alkyl halides is 3. The summed E-state index contributed by atoms with van der Waals surface area (Å²) >= 11 is 0. The van der Waals surface area contributed by atoms with Crippen molar-refractivity contribution in [1.29, 1.82) is 0 Å². The van der Waals surface area contributed by atoms with Gasteiger partial charge >= 0.3 is 6.36 Å². The van der Waals surface area contributed by atoms with Gasteiger partial charge in [0.25, 0.3) is 0 Å². The van der Waals surface area contributed by atoms with E-state index in [0.29, 0.717) is 29.5 Å². The summed E-state index contributed by atoms with van der Waals surface area (Å²) in [5, 5.41) is 0. The lowest BCUT2D eigenvalue weighted by Crippen LogP contribution is -2.20. The number of halogens is 6. The number of hydrogen-bond acceptors (Lipinski definition) is 2. The van der Waals surface area contributed by atoms with Crippen molar-refractivity contribution in [1.82, 2.24) is 0 Å². The monoisotopic (exact) mass is 479 g/mol. The fourth-order valence-electron chi connectivity index (χ4n) is 4.54. The molecule has 4 rings (SSSR count). The summed E-state index contributed by atoms with van der Waals surface area (Å²) in [4.78, 5) is 0. The Hall–Kier alpha value is -3.00. The first-order chi connectivity index (χ1) is 16.1. The maximum absolute atomic E-state index is 14.8. The lowest BCUT2D eigenvalue weighted by molar-refractivity contribution is -0.276. The molecule has 2 nitrogen and oxygen atoms in total. The van der Waals surface area contributed by atoms with Crippen molar-refractivity contribution in [3.05, 3.63) is 77.6 Å². The molecular formula is C26H23F6NO. The molecule has 0 heterocycles. The molecule has 34 heavy (non-hydrogen) atoms. The van der Waals surface area contributed by atoms with E-state index in [1.54, 1.807) is 6.07 Å². The third kappa shape index (κ3) is 5.38. The highest BCUT2D eigenvalue weighted by atomic mass is 19.4. The Balaban J connectivity index is 1.54. The maximum atomic E-state index is 14.8. The zero-order valence-electron chi connectivity index (χ0n) is 18.1. The van der Waals surface area contributed by atoms with Gasteiger partial charge in [0.2, 0.25) is 5.75 Å². The Morgan fingerprint density at radius 2 is 1.29 bits per heavy atom. The summed E-state index contributed by atoms with van der Waals surface area (Å²) in [5.41, 5.74) is 7.94. The van der Waals surface area contributed by atoms with Crippen molar-refractivity contribution >= 4 is 0 Å². The molecule has 0 bridgehead atoms. The topological polar surface area (TPSA) is 35.2 Å². The van der Waals surface area contributed by atoms with Gasteiger partial charge in [0.15, 0.2) is 11.6 Å². The van der Waals surface area contributed by atoms with Gasteiger partial charge in [-0.05, 0) is 84.5 Å². The Labute approximate surface area is 193 Å². The summed E-state index contributed by atoms with van der Waals surface area (Å²) in [6.45, 7) is 0.720. The first kappa shape index (κ1) is 24.1. The molecule has 0 amide bonds. The average molecular weight is 479 g/mol. The molecule has 0 spiro atoms. The van der Waals surface area contributed by atoms with Crippen LogP contribution in [0, 0.1) is 23.4 Å². The molecule has 2 N–H and O–H groups in total. The smallest absolute Gasteiger partial charge is 0.399 e. The van der Waals surface area contributed by atoms with Crippen LogP contribution in [-0.4, -0.2) is 12.9 Å². The Morgan fingerprint density at radius 1 is 0.735 bits per heavy atom. The van der Waals surface area contributed by atoms with Gasteiger partial charge in [-0.25, -0.2) is 13.2 Å². The fourth-order valence-corrected chi connectivity index (χ4v) is 4.54. The molecule has 0 atom stereocenters. The minimum atomic E-state index is -5.25. The van der Waals surface area contributed by atoms with Gasteiger partial charge in [0.1, 0.15) is 5.82 Å². The molecule has 8 heteroatoms. The fraction of sp³-hybridized carbons (Fsp3) is 0.308. The molecular weight excluding hydrogens is 456 g/mol. The van der Waals surface area contributed by atoms with Crippen molar-refractivity contribution in [2.75, 3.05) is 6.54 Å². The molecule has 0 aromatic heterocycles. The quantitative estimate of drug-likeness (QED) is 0.383. The third-order valence-electron chi connectivity index (χ3n) is 6.39. The van der Waals surface area contributed by atoms with Crippen LogP contribution in [0.15, 0.2) is 54.6 Å². The van der Waals surface area contributed by atoms with Gasteiger partial charge in [-0.1, -0.05) is 36.4 Å². The van der Waals surface area contributed by atoms with Crippen LogP contribution in [0.5, 0.6) is 5.75 Å². The molecule has 1 aliphatic rings. The summed E-state index contributed by atoms with van der Waals surface area (Å²) < 4.78 is 83.3. The predicted molar refractivity (Wildman–Crippen MR) is 118 cm³/mol. The zero-order valence-corrected chi connectivity index (χ0v) is 18.1. The standard InChI is InChI=1S/C26H23F6NO/c27-22-11-19(18-7-5-17(6-8-18)16-3-1-15(14-33)2-4-16)9-10-21(22)20-12-23(28)25(24(29)13-20)34-26(30,31)32/h5-13,15-16H,1-4,14,33H2. The van der Waals surface area contributed by atoms with E-state index >= 15 is 0 Å². The number of benzene rings is 3. The number of nitrogens with two attached hydrogens (primary N) is 1. The Kier molecular flexibility index (Phi) is 6.89. The van der Waals surface area contributed by atoms with Crippen LogP contribution in [0.25, 0.3) is 22.3 Å². The van der Waals surface area contributed by atoms with Crippen LogP contribution >= 0.6 is 0 Å². The van der Waals surface area contributed by atoms with Crippen LogP contribution in [0.1, 0.15) is 37.2 Å². The highest BCUT2D eigenvalue weighted by Crippen LogP contribution is 2.37. The molecule has 3 aromatic carbocycles. The number of hydrogen-bond donors (Lipinski definition) is 1. The molecule has 0 aliphatic heterocycles. The lowest BCUT2D eigenvalue weighted by Gasteiger charge is -2.28. The van der Waals surface area contributed by atoms with E-state index in [0.717, 1.165) is 37.8 Å². The molecule has 1 fully saturated rings. The van der Waals surface area contributed by atoms with Crippen molar-refractivity contribution in [2.24, 2.45) is 11.7 Å². The molecule has 0 unspecified atom stereocenters. The van der Waals surface area contributed by atoms with E-state index in [2.05, 4.69) is 4.74 Å². The number of ether oxygens (including phenoxy) is 1. The van der Waals surface area contributed by atoms with Crippen LogP contribution in [0.3, 0.4) is 0 Å². The molecule has 0 radical (unpaired) electrons. The summed E-state index contributed by atoms with van der Waals surface area (Å²) in [7, 11) is 0. The molecule has 3 aromatic rings. The Bertz CT molecular complexity index is 1130. The number of rotatable bonds is 5. The first-order valence-corrected chi connectivity index (χ1v) is 11.0. The van der Waals surface area contributed by atoms with E-state index in [1.807, 2.05) is 24.3 Å². The second-order valence-electron chi connectivity index (χ2n) is 8.59. The van der Waals surface area contributed by atoms with Crippen molar-refractivity contribution in [3.8, 4) is 28.0 Å². The summed E-state index contributed by atoms with van der Waals surface area (Å²) in [6, 6.07) is 13.2. The second kappa shape index (κ2) is 9.70. The normalized spacial score (nSPS) is 18.7. The molecule has 180 valence electrons. The van der Waals surface area contributed by atoms with E-state index in [-0.39, 0.29) is 11.1 Å². The van der Waals surface area contributed by atoms with E-state index in [9.17, 15) is 26.3 Å². The maximum Gasteiger partial charge on any atom is 0.573 e. The van der Waals surface area contributed by atoms with Crippen molar-refractivity contribution in [2.45, 2.75) is 38.0 Å².